The molecule has 6 heteroatoms. The topological polar surface area (TPSA) is 56.6 Å². The number of aromatic nitrogens is 2. The van der Waals surface area contributed by atoms with Crippen LogP contribution in [0.2, 0.25) is 0 Å². The highest BCUT2D eigenvalue weighted by molar-refractivity contribution is 5.99. The fourth-order valence-electron chi connectivity index (χ4n) is 2.83. The highest BCUT2D eigenvalue weighted by Crippen LogP contribution is 2.30. The van der Waals surface area contributed by atoms with E-state index in [0.717, 1.165) is 23.5 Å². The van der Waals surface area contributed by atoms with Crippen LogP contribution in [0.5, 0.6) is 11.5 Å². The largest absolute Gasteiger partial charge is 0.496 e. The third kappa shape index (κ3) is 3.22. The number of nitrogens with zero attached hydrogens (tertiary/aromatic N) is 3. The summed E-state index contributed by atoms with van der Waals surface area (Å²) in [6.07, 6.45) is 0. The van der Waals surface area contributed by atoms with Gasteiger partial charge in [0.25, 0.3) is 5.91 Å². The average Bonchev–Trinajstić information content (AvgIpc) is 2.87. The van der Waals surface area contributed by atoms with E-state index in [-0.39, 0.29) is 5.91 Å². The zero-order valence-electron chi connectivity index (χ0n) is 15.2. The highest BCUT2D eigenvalue weighted by atomic mass is 16.5. The molecule has 2 aromatic rings. The number of hydrogen-bond donors (Lipinski definition) is 0. The zero-order valence-corrected chi connectivity index (χ0v) is 15.2. The summed E-state index contributed by atoms with van der Waals surface area (Å²) in [6, 6.07) is 5.32. The van der Waals surface area contributed by atoms with Gasteiger partial charge >= 0.3 is 0 Å². The van der Waals surface area contributed by atoms with Crippen molar-refractivity contribution < 1.29 is 14.3 Å². The molecule has 0 saturated carbocycles. The Hall–Kier alpha value is -2.50. The Labute approximate surface area is 143 Å². The molecule has 0 aliphatic heterocycles. The molecular weight excluding hydrogens is 306 g/mol. The summed E-state index contributed by atoms with van der Waals surface area (Å²) in [6.45, 7) is 7.34. The van der Waals surface area contributed by atoms with Gasteiger partial charge in [0, 0.05) is 31.4 Å². The van der Waals surface area contributed by atoms with Crippen LogP contribution < -0.4 is 9.47 Å². The van der Waals surface area contributed by atoms with Crippen molar-refractivity contribution in [2.75, 3.05) is 21.3 Å². The number of hydrogen-bond acceptors (Lipinski definition) is 4. The van der Waals surface area contributed by atoms with E-state index < -0.39 is 0 Å². The lowest BCUT2D eigenvalue weighted by molar-refractivity contribution is 0.0777. The molecule has 1 aromatic heterocycles. The fraction of sp³-hybridized carbons (Fsp3) is 0.444. The number of benzene rings is 1. The summed E-state index contributed by atoms with van der Waals surface area (Å²) in [5, 5.41) is 4.51. The molecule has 0 bridgehead atoms. The van der Waals surface area contributed by atoms with Crippen molar-refractivity contribution in [1.29, 1.82) is 0 Å². The SMILES string of the molecule is CCn1nc(C)c(CN(C)C(=O)c2c(OC)cccc2OC)c1C. The van der Waals surface area contributed by atoms with Gasteiger partial charge in [-0.15, -0.1) is 0 Å². The van der Waals surface area contributed by atoms with Gasteiger partial charge in [0.15, 0.2) is 0 Å². The van der Waals surface area contributed by atoms with Crippen molar-refractivity contribution >= 4 is 5.91 Å². The fourth-order valence-corrected chi connectivity index (χ4v) is 2.83. The molecule has 1 heterocycles. The molecule has 1 amide bonds. The molecule has 0 radical (unpaired) electrons. The first-order valence-electron chi connectivity index (χ1n) is 7.93. The number of carbonyl (C=O) groups is 1. The van der Waals surface area contributed by atoms with Gasteiger partial charge in [-0.25, -0.2) is 0 Å². The third-order valence-corrected chi connectivity index (χ3v) is 4.21. The molecule has 0 spiro atoms. The second kappa shape index (κ2) is 7.38. The molecule has 2 rings (SSSR count). The van der Waals surface area contributed by atoms with Gasteiger partial charge in [0.1, 0.15) is 17.1 Å². The Morgan fingerprint density at radius 3 is 2.25 bits per heavy atom. The van der Waals surface area contributed by atoms with Crippen molar-refractivity contribution in [2.45, 2.75) is 33.9 Å². The maximum absolute atomic E-state index is 12.9. The minimum Gasteiger partial charge on any atom is -0.496 e. The molecule has 24 heavy (non-hydrogen) atoms. The van der Waals surface area contributed by atoms with E-state index in [0.29, 0.717) is 23.6 Å². The standard InChI is InChI=1S/C18H25N3O3/c1-7-21-13(3)14(12(2)19-21)11-20(4)18(22)17-15(23-5)9-8-10-16(17)24-6/h8-10H,7,11H2,1-6H3. The maximum Gasteiger partial charge on any atom is 0.261 e. The van der Waals surface area contributed by atoms with Crippen molar-refractivity contribution in [3.8, 4) is 11.5 Å². The summed E-state index contributed by atoms with van der Waals surface area (Å²) >= 11 is 0. The molecule has 0 aliphatic carbocycles. The van der Waals surface area contributed by atoms with Crippen molar-refractivity contribution in [2.24, 2.45) is 0 Å². The minimum absolute atomic E-state index is 0.146. The highest BCUT2D eigenvalue weighted by Gasteiger charge is 2.23. The molecule has 0 saturated heterocycles. The van der Waals surface area contributed by atoms with Crippen LogP contribution in [0.3, 0.4) is 0 Å². The minimum atomic E-state index is -0.146. The molecule has 0 fully saturated rings. The zero-order chi connectivity index (χ0) is 17.9. The van der Waals surface area contributed by atoms with E-state index in [2.05, 4.69) is 12.0 Å². The Morgan fingerprint density at radius 1 is 1.21 bits per heavy atom. The van der Waals surface area contributed by atoms with Crippen molar-refractivity contribution in [3.63, 3.8) is 0 Å². The number of carbonyl (C=O) groups excluding carboxylic acids is 1. The lowest BCUT2D eigenvalue weighted by Crippen LogP contribution is -2.27. The monoisotopic (exact) mass is 331 g/mol. The third-order valence-electron chi connectivity index (χ3n) is 4.21. The van der Waals surface area contributed by atoms with E-state index in [1.54, 1.807) is 44.4 Å². The van der Waals surface area contributed by atoms with Gasteiger partial charge in [-0.3, -0.25) is 9.48 Å². The summed E-state index contributed by atoms with van der Waals surface area (Å²) in [5.74, 6) is 0.861. The number of ether oxygens (including phenoxy) is 2. The van der Waals surface area contributed by atoms with Gasteiger partial charge in [-0.2, -0.15) is 5.10 Å². The second-order valence-electron chi connectivity index (χ2n) is 5.66. The van der Waals surface area contributed by atoms with E-state index in [9.17, 15) is 4.79 Å². The van der Waals surface area contributed by atoms with Crippen LogP contribution >= 0.6 is 0 Å². The van der Waals surface area contributed by atoms with Crippen LogP contribution in [0.15, 0.2) is 18.2 Å². The number of rotatable bonds is 6. The second-order valence-corrected chi connectivity index (χ2v) is 5.66. The lowest BCUT2D eigenvalue weighted by atomic mass is 10.1. The maximum atomic E-state index is 12.9. The van der Waals surface area contributed by atoms with Gasteiger partial charge in [-0.05, 0) is 32.9 Å². The Bertz CT molecular complexity index is 715. The quantitative estimate of drug-likeness (QED) is 0.817. The first-order chi connectivity index (χ1) is 11.4. The average molecular weight is 331 g/mol. The van der Waals surface area contributed by atoms with E-state index in [4.69, 9.17) is 9.47 Å². The number of methoxy groups -OCH3 is 2. The van der Waals surface area contributed by atoms with Gasteiger partial charge in [0.2, 0.25) is 0 Å². The molecule has 6 nitrogen and oxygen atoms in total. The van der Waals surface area contributed by atoms with Gasteiger partial charge < -0.3 is 14.4 Å². The first kappa shape index (κ1) is 17.8. The van der Waals surface area contributed by atoms with Crippen LogP contribution in [0.25, 0.3) is 0 Å². The van der Waals surface area contributed by atoms with Crippen LogP contribution in [-0.4, -0.2) is 41.9 Å². The Kier molecular flexibility index (Phi) is 5.49. The number of amides is 1. The molecular formula is C18H25N3O3. The summed E-state index contributed by atoms with van der Waals surface area (Å²) in [4.78, 5) is 14.6. The predicted octanol–water partition coefficient (Wildman–Crippen LogP) is 2.81. The van der Waals surface area contributed by atoms with Gasteiger partial charge in [0.05, 0.1) is 19.9 Å². The molecule has 1 aromatic carbocycles. The first-order valence-corrected chi connectivity index (χ1v) is 7.93. The molecule has 0 unspecified atom stereocenters. The number of aryl methyl sites for hydroxylation is 2. The Balaban J connectivity index is 2.33. The lowest BCUT2D eigenvalue weighted by Gasteiger charge is -2.20. The molecule has 0 atom stereocenters. The molecule has 130 valence electrons. The van der Waals surface area contributed by atoms with E-state index >= 15 is 0 Å². The van der Waals surface area contributed by atoms with E-state index in [1.807, 2.05) is 18.5 Å². The van der Waals surface area contributed by atoms with Crippen LogP contribution in [0.1, 0.15) is 34.2 Å². The summed E-state index contributed by atoms with van der Waals surface area (Å²) < 4.78 is 12.6. The van der Waals surface area contributed by atoms with Crippen molar-refractivity contribution in [3.05, 3.63) is 40.7 Å². The van der Waals surface area contributed by atoms with Crippen molar-refractivity contribution in [1.82, 2.24) is 14.7 Å². The molecule has 0 N–H and O–H groups in total. The predicted molar refractivity (Wildman–Crippen MR) is 92.7 cm³/mol. The van der Waals surface area contributed by atoms with E-state index in [1.165, 1.54) is 0 Å². The van der Waals surface area contributed by atoms with Gasteiger partial charge in [-0.1, -0.05) is 6.07 Å². The smallest absolute Gasteiger partial charge is 0.261 e. The van der Waals surface area contributed by atoms with Crippen LogP contribution in [0, 0.1) is 13.8 Å². The summed E-state index contributed by atoms with van der Waals surface area (Å²) in [7, 11) is 4.87. The Morgan fingerprint density at radius 2 is 1.79 bits per heavy atom. The summed E-state index contributed by atoms with van der Waals surface area (Å²) in [5.41, 5.74) is 3.53. The van der Waals surface area contributed by atoms with Crippen LogP contribution in [0.4, 0.5) is 0 Å². The molecule has 0 aliphatic rings. The normalized spacial score (nSPS) is 10.6. The van der Waals surface area contributed by atoms with Crippen LogP contribution in [-0.2, 0) is 13.1 Å².